The SMILES string of the molecule is COc1ccc(C2OC[C@H]3O[C@H](Oc4ccc([N+](=O)[O-])cc4)[C@H](NC(C)=O)[C@@H](O)[C@H]3O2)cc1. The number of carbonyl (C=O) groups is 1. The molecule has 2 aromatic rings. The minimum Gasteiger partial charge on any atom is -0.497 e. The van der Waals surface area contributed by atoms with Crippen LogP contribution in [-0.2, 0) is 19.0 Å². The van der Waals surface area contributed by atoms with Gasteiger partial charge in [-0.15, -0.1) is 0 Å². The number of carbonyl (C=O) groups excluding carboxylic acids is 1. The van der Waals surface area contributed by atoms with E-state index in [1.54, 1.807) is 31.4 Å². The van der Waals surface area contributed by atoms with Gasteiger partial charge >= 0.3 is 0 Å². The highest BCUT2D eigenvalue weighted by Crippen LogP contribution is 2.35. The minimum atomic E-state index is -1.17. The molecule has 0 saturated carbocycles. The Labute approximate surface area is 189 Å². The maximum absolute atomic E-state index is 11.8. The van der Waals surface area contributed by atoms with Crippen LogP contribution in [0.1, 0.15) is 18.8 Å². The number of non-ortho nitro benzene ring substituents is 1. The Kier molecular flexibility index (Phi) is 6.75. The molecule has 0 radical (unpaired) electrons. The lowest BCUT2D eigenvalue weighted by atomic mass is 9.95. The molecule has 4 rings (SSSR count). The van der Waals surface area contributed by atoms with Gasteiger partial charge in [-0.3, -0.25) is 14.9 Å². The normalized spacial score (nSPS) is 28.9. The summed E-state index contributed by atoms with van der Waals surface area (Å²) < 4.78 is 28.7. The van der Waals surface area contributed by atoms with Crippen molar-refractivity contribution in [2.24, 2.45) is 0 Å². The van der Waals surface area contributed by atoms with Crippen LogP contribution >= 0.6 is 0 Å². The van der Waals surface area contributed by atoms with E-state index in [1.807, 2.05) is 0 Å². The van der Waals surface area contributed by atoms with Gasteiger partial charge in [-0.25, -0.2) is 0 Å². The van der Waals surface area contributed by atoms with Crippen molar-refractivity contribution in [2.75, 3.05) is 13.7 Å². The number of nitrogens with one attached hydrogen (secondary N) is 1. The fourth-order valence-corrected chi connectivity index (χ4v) is 3.79. The average Bonchev–Trinajstić information content (AvgIpc) is 2.81. The van der Waals surface area contributed by atoms with Gasteiger partial charge in [0, 0.05) is 24.6 Å². The highest BCUT2D eigenvalue weighted by atomic mass is 16.7. The molecule has 2 aliphatic heterocycles. The first-order chi connectivity index (χ1) is 15.9. The molecule has 2 heterocycles. The number of benzene rings is 2. The van der Waals surface area contributed by atoms with Crippen molar-refractivity contribution in [3.05, 3.63) is 64.2 Å². The molecule has 2 fully saturated rings. The van der Waals surface area contributed by atoms with Gasteiger partial charge in [-0.05, 0) is 24.3 Å². The molecule has 11 nitrogen and oxygen atoms in total. The summed E-state index contributed by atoms with van der Waals surface area (Å²) in [5.74, 6) is 0.572. The molecule has 1 unspecified atom stereocenters. The van der Waals surface area contributed by atoms with Crippen molar-refractivity contribution in [3.63, 3.8) is 0 Å². The number of nitro benzene ring substituents is 1. The van der Waals surface area contributed by atoms with Crippen LogP contribution in [0.15, 0.2) is 48.5 Å². The predicted octanol–water partition coefficient (Wildman–Crippen LogP) is 1.69. The van der Waals surface area contributed by atoms with Crippen molar-refractivity contribution in [2.45, 2.75) is 43.9 Å². The molecule has 11 heteroatoms. The van der Waals surface area contributed by atoms with Crippen LogP contribution in [0.4, 0.5) is 5.69 Å². The van der Waals surface area contributed by atoms with Crippen LogP contribution in [0.5, 0.6) is 11.5 Å². The molecular formula is C22H24N2O9. The number of rotatable bonds is 6. The Morgan fingerprint density at radius 1 is 1.12 bits per heavy atom. The van der Waals surface area contributed by atoms with Gasteiger partial charge in [0.15, 0.2) is 6.29 Å². The van der Waals surface area contributed by atoms with Crippen LogP contribution in [0.25, 0.3) is 0 Å². The van der Waals surface area contributed by atoms with Gasteiger partial charge in [-0.1, -0.05) is 12.1 Å². The summed E-state index contributed by atoms with van der Waals surface area (Å²) in [5, 5.41) is 24.6. The average molecular weight is 460 g/mol. The number of hydrogen-bond donors (Lipinski definition) is 2. The zero-order valence-corrected chi connectivity index (χ0v) is 18.0. The molecule has 0 spiro atoms. The van der Waals surface area contributed by atoms with Gasteiger partial charge < -0.3 is 34.1 Å². The number of nitrogens with zero attached hydrogens (tertiary/aromatic N) is 1. The second kappa shape index (κ2) is 9.71. The van der Waals surface area contributed by atoms with E-state index < -0.39 is 47.8 Å². The molecule has 2 aliphatic rings. The minimum absolute atomic E-state index is 0.0934. The first-order valence-electron chi connectivity index (χ1n) is 10.3. The van der Waals surface area contributed by atoms with Crippen LogP contribution in [0.2, 0.25) is 0 Å². The summed E-state index contributed by atoms with van der Waals surface area (Å²) in [5.41, 5.74) is 0.644. The van der Waals surface area contributed by atoms with E-state index in [0.717, 1.165) is 5.56 Å². The Morgan fingerprint density at radius 2 is 1.79 bits per heavy atom. The molecule has 0 bridgehead atoms. The number of ether oxygens (including phenoxy) is 5. The highest BCUT2D eigenvalue weighted by molar-refractivity contribution is 5.73. The molecule has 1 amide bonds. The summed E-state index contributed by atoms with van der Waals surface area (Å²) in [7, 11) is 1.57. The molecule has 0 aliphatic carbocycles. The van der Waals surface area contributed by atoms with E-state index in [9.17, 15) is 20.0 Å². The lowest BCUT2D eigenvalue weighted by Gasteiger charge is -2.47. The zero-order chi connectivity index (χ0) is 23.5. The van der Waals surface area contributed by atoms with Crippen LogP contribution in [-0.4, -0.2) is 60.3 Å². The maximum Gasteiger partial charge on any atom is 0.269 e. The van der Waals surface area contributed by atoms with Crippen molar-refractivity contribution >= 4 is 11.6 Å². The topological polar surface area (TPSA) is 139 Å². The fraction of sp³-hybridized carbons (Fsp3) is 0.409. The molecule has 2 aromatic carbocycles. The van der Waals surface area contributed by atoms with Gasteiger partial charge in [0.2, 0.25) is 12.2 Å². The van der Waals surface area contributed by atoms with Gasteiger partial charge in [0.05, 0.1) is 18.6 Å². The number of hydrogen-bond acceptors (Lipinski definition) is 9. The molecule has 33 heavy (non-hydrogen) atoms. The molecule has 2 saturated heterocycles. The van der Waals surface area contributed by atoms with Crippen molar-refractivity contribution in [1.82, 2.24) is 5.32 Å². The van der Waals surface area contributed by atoms with E-state index in [4.69, 9.17) is 23.7 Å². The van der Waals surface area contributed by atoms with E-state index in [2.05, 4.69) is 5.32 Å². The Bertz CT molecular complexity index is 982. The summed E-state index contributed by atoms with van der Waals surface area (Å²) >= 11 is 0. The Balaban J connectivity index is 1.50. The van der Waals surface area contributed by atoms with E-state index in [-0.39, 0.29) is 18.0 Å². The van der Waals surface area contributed by atoms with Gasteiger partial charge in [0.1, 0.15) is 35.9 Å². The van der Waals surface area contributed by atoms with Gasteiger partial charge in [-0.2, -0.15) is 0 Å². The fourth-order valence-electron chi connectivity index (χ4n) is 3.79. The Hall–Kier alpha value is -3.25. The molecule has 176 valence electrons. The molecule has 6 atom stereocenters. The Morgan fingerprint density at radius 3 is 2.39 bits per heavy atom. The predicted molar refractivity (Wildman–Crippen MR) is 113 cm³/mol. The number of aliphatic hydroxyl groups is 1. The first kappa shape index (κ1) is 22.9. The lowest BCUT2D eigenvalue weighted by Crippen LogP contribution is -2.67. The van der Waals surface area contributed by atoms with Crippen LogP contribution in [0, 0.1) is 10.1 Å². The maximum atomic E-state index is 11.8. The first-order valence-corrected chi connectivity index (χ1v) is 10.3. The summed E-state index contributed by atoms with van der Waals surface area (Å²) in [6.07, 6.45) is -4.43. The van der Waals surface area contributed by atoms with E-state index in [1.165, 1.54) is 31.2 Å². The van der Waals surface area contributed by atoms with Crippen molar-refractivity contribution in [1.29, 1.82) is 0 Å². The molecular weight excluding hydrogens is 436 g/mol. The van der Waals surface area contributed by atoms with Crippen molar-refractivity contribution < 1.29 is 38.5 Å². The lowest BCUT2D eigenvalue weighted by molar-refractivity contribution is -0.384. The smallest absolute Gasteiger partial charge is 0.269 e. The largest absolute Gasteiger partial charge is 0.497 e. The third-order valence-electron chi connectivity index (χ3n) is 5.42. The number of amides is 1. The van der Waals surface area contributed by atoms with Gasteiger partial charge in [0.25, 0.3) is 5.69 Å². The third kappa shape index (κ3) is 5.06. The number of methoxy groups -OCH3 is 1. The van der Waals surface area contributed by atoms with Crippen LogP contribution < -0.4 is 14.8 Å². The standard InChI is InChI=1S/C22H24N2O9/c1-12(25)23-18-19(26)20-17(11-30-21(33-20)13-3-7-15(29-2)8-4-13)32-22(18)31-16-9-5-14(6-10-16)24(27)28/h3-10,17-22,26H,11H2,1-2H3,(H,23,25)/t17-,18-,19-,20+,21?,22+/m1/s1. The number of nitro groups is 1. The van der Waals surface area contributed by atoms with E-state index >= 15 is 0 Å². The zero-order valence-electron chi connectivity index (χ0n) is 18.0. The second-order valence-corrected chi connectivity index (χ2v) is 7.67. The second-order valence-electron chi connectivity index (χ2n) is 7.67. The quantitative estimate of drug-likeness (QED) is 0.487. The number of aliphatic hydroxyl groups excluding tert-OH is 1. The van der Waals surface area contributed by atoms with E-state index in [0.29, 0.717) is 5.75 Å². The molecule has 2 N–H and O–H groups in total. The van der Waals surface area contributed by atoms with Crippen LogP contribution in [0.3, 0.4) is 0 Å². The van der Waals surface area contributed by atoms with Crippen molar-refractivity contribution in [3.8, 4) is 11.5 Å². The third-order valence-corrected chi connectivity index (χ3v) is 5.42. The highest BCUT2D eigenvalue weighted by Gasteiger charge is 2.50. The summed E-state index contributed by atoms with van der Waals surface area (Å²) in [4.78, 5) is 22.1. The summed E-state index contributed by atoms with van der Waals surface area (Å²) in [6.45, 7) is 1.43. The number of fused-ring (bicyclic) bond motifs is 1. The molecule has 0 aromatic heterocycles. The summed E-state index contributed by atoms with van der Waals surface area (Å²) in [6, 6.07) is 11.6. The monoisotopic (exact) mass is 460 g/mol.